The number of amides is 1. The lowest BCUT2D eigenvalue weighted by atomic mass is 10.1. The van der Waals surface area contributed by atoms with Crippen LogP contribution in [-0.2, 0) is 10.0 Å². The third kappa shape index (κ3) is 4.11. The van der Waals surface area contributed by atoms with E-state index in [-0.39, 0.29) is 11.9 Å². The summed E-state index contributed by atoms with van der Waals surface area (Å²) in [5, 5.41) is 0. The molecule has 1 atom stereocenters. The van der Waals surface area contributed by atoms with Gasteiger partial charge in [0.15, 0.2) is 0 Å². The molecule has 154 valence electrons. The molecule has 3 heterocycles. The topological polar surface area (TPSA) is 60.9 Å². The molecule has 3 aliphatic rings. The molecule has 1 aromatic carbocycles. The van der Waals surface area contributed by atoms with Crippen LogP contribution < -0.4 is 0 Å². The zero-order chi connectivity index (χ0) is 19.6. The normalized spacial score (nSPS) is 24.7. The van der Waals surface area contributed by atoms with Crippen LogP contribution in [0.2, 0.25) is 0 Å². The third-order valence-electron chi connectivity index (χ3n) is 6.36. The summed E-state index contributed by atoms with van der Waals surface area (Å²) in [6.07, 6.45) is 7.55. The van der Waals surface area contributed by atoms with Gasteiger partial charge in [-0.3, -0.25) is 4.79 Å². The van der Waals surface area contributed by atoms with Gasteiger partial charge in [-0.25, -0.2) is 8.42 Å². The Morgan fingerprint density at radius 2 is 1.50 bits per heavy atom. The average Bonchev–Trinajstić information content (AvgIpc) is 3.41. The summed E-state index contributed by atoms with van der Waals surface area (Å²) in [4.78, 5) is 17.8. The summed E-state index contributed by atoms with van der Waals surface area (Å²) in [7, 11) is -3.45. The molecule has 0 N–H and O–H groups in total. The molecule has 3 saturated heterocycles. The highest BCUT2D eigenvalue weighted by Gasteiger charge is 2.32. The van der Waals surface area contributed by atoms with Crippen LogP contribution in [0.3, 0.4) is 0 Å². The highest BCUT2D eigenvalue weighted by atomic mass is 32.2. The Balaban J connectivity index is 1.44. The van der Waals surface area contributed by atoms with Crippen molar-refractivity contribution < 1.29 is 13.2 Å². The Morgan fingerprint density at radius 3 is 2.18 bits per heavy atom. The number of rotatable bonds is 5. The molecule has 0 saturated carbocycles. The van der Waals surface area contributed by atoms with Gasteiger partial charge in [0, 0.05) is 37.8 Å². The molecule has 1 amide bonds. The number of hydrogen-bond donors (Lipinski definition) is 0. The maximum Gasteiger partial charge on any atom is 0.254 e. The highest BCUT2D eigenvalue weighted by Crippen LogP contribution is 2.24. The fourth-order valence-corrected chi connectivity index (χ4v) is 6.26. The molecule has 7 heteroatoms. The number of sulfonamides is 1. The summed E-state index contributed by atoms with van der Waals surface area (Å²) >= 11 is 0. The molecule has 4 rings (SSSR count). The molecule has 3 aliphatic heterocycles. The second-order valence-corrected chi connectivity index (χ2v) is 10.2. The Bertz CT molecular complexity index is 782. The minimum Gasteiger partial charge on any atom is -0.334 e. The number of carbonyl (C=O) groups is 1. The summed E-state index contributed by atoms with van der Waals surface area (Å²) in [5.74, 6) is 0.0311. The van der Waals surface area contributed by atoms with E-state index >= 15 is 0 Å². The molecule has 0 radical (unpaired) electrons. The van der Waals surface area contributed by atoms with Crippen molar-refractivity contribution in [1.82, 2.24) is 14.1 Å². The van der Waals surface area contributed by atoms with Gasteiger partial charge in [-0.1, -0.05) is 6.42 Å². The van der Waals surface area contributed by atoms with Gasteiger partial charge < -0.3 is 9.80 Å². The van der Waals surface area contributed by atoms with Crippen molar-refractivity contribution in [3.63, 3.8) is 0 Å². The standard InChI is InChI=1S/C21H31N3O3S/c25-21(24-16-6-7-19(24)17-22-12-4-5-13-22)18-8-10-20(11-9-18)28(26,27)23-14-2-1-3-15-23/h8-11,19H,1-7,12-17H2. The average molecular weight is 406 g/mol. The fourth-order valence-electron chi connectivity index (χ4n) is 4.75. The van der Waals surface area contributed by atoms with Gasteiger partial charge in [0.1, 0.15) is 0 Å². The molecule has 6 nitrogen and oxygen atoms in total. The first-order valence-electron chi connectivity index (χ1n) is 10.7. The summed E-state index contributed by atoms with van der Waals surface area (Å²) in [5.41, 5.74) is 0.589. The van der Waals surface area contributed by atoms with Crippen molar-refractivity contribution in [3.05, 3.63) is 29.8 Å². The molecule has 0 spiro atoms. The number of piperidine rings is 1. The molecule has 1 aromatic rings. The van der Waals surface area contributed by atoms with Gasteiger partial charge in [0.2, 0.25) is 10.0 Å². The third-order valence-corrected chi connectivity index (χ3v) is 8.27. The largest absolute Gasteiger partial charge is 0.334 e. The Kier molecular flexibility index (Phi) is 6.04. The van der Waals surface area contributed by atoms with E-state index in [1.807, 2.05) is 4.90 Å². The van der Waals surface area contributed by atoms with Gasteiger partial charge in [-0.2, -0.15) is 4.31 Å². The van der Waals surface area contributed by atoms with Crippen LogP contribution in [0.4, 0.5) is 0 Å². The molecule has 0 bridgehead atoms. The van der Waals surface area contributed by atoms with Crippen LogP contribution in [0, 0.1) is 0 Å². The lowest BCUT2D eigenvalue weighted by molar-refractivity contribution is 0.0708. The van der Waals surface area contributed by atoms with E-state index in [9.17, 15) is 13.2 Å². The molecule has 0 aliphatic carbocycles. The second-order valence-electron chi connectivity index (χ2n) is 8.29. The van der Waals surface area contributed by atoms with Crippen LogP contribution in [0.1, 0.15) is 55.3 Å². The first-order valence-corrected chi connectivity index (χ1v) is 12.1. The highest BCUT2D eigenvalue weighted by molar-refractivity contribution is 7.89. The second kappa shape index (κ2) is 8.51. The maximum absolute atomic E-state index is 13.0. The Morgan fingerprint density at radius 1 is 0.857 bits per heavy atom. The smallest absolute Gasteiger partial charge is 0.254 e. The van der Waals surface area contributed by atoms with Gasteiger partial charge in [0.25, 0.3) is 5.91 Å². The van der Waals surface area contributed by atoms with Crippen LogP contribution >= 0.6 is 0 Å². The minimum absolute atomic E-state index is 0.0311. The van der Waals surface area contributed by atoms with E-state index in [0.29, 0.717) is 23.5 Å². The first-order chi connectivity index (χ1) is 13.6. The molecular weight excluding hydrogens is 374 g/mol. The number of carbonyl (C=O) groups excluding carboxylic acids is 1. The van der Waals surface area contributed by atoms with Crippen molar-refractivity contribution in [3.8, 4) is 0 Å². The van der Waals surface area contributed by atoms with Crippen LogP contribution in [0.15, 0.2) is 29.2 Å². The van der Waals surface area contributed by atoms with Gasteiger partial charge in [0.05, 0.1) is 4.90 Å². The van der Waals surface area contributed by atoms with Crippen molar-refractivity contribution >= 4 is 15.9 Å². The molecule has 0 aromatic heterocycles. The van der Waals surface area contributed by atoms with E-state index in [4.69, 9.17) is 0 Å². The lowest BCUT2D eigenvalue weighted by Crippen LogP contribution is -2.42. The van der Waals surface area contributed by atoms with E-state index in [0.717, 1.165) is 58.3 Å². The molecule has 1 unspecified atom stereocenters. The van der Waals surface area contributed by atoms with Crippen molar-refractivity contribution in [2.75, 3.05) is 39.3 Å². The van der Waals surface area contributed by atoms with E-state index in [1.54, 1.807) is 28.6 Å². The van der Waals surface area contributed by atoms with Gasteiger partial charge in [-0.05, 0) is 75.9 Å². The first kappa shape index (κ1) is 19.9. The zero-order valence-electron chi connectivity index (χ0n) is 16.6. The van der Waals surface area contributed by atoms with E-state index in [1.165, 1.54) is 12.8 Å². The van der Waals surface area contributed by atoms with Crippen molar-refractivity contribution in [1.29, 1.82) is 0 Å². The van der Waals surface area contributed by atoms with Crippen molar-refractivity contribution in [2.24, 2.45) is 0 Å². The predicted molar refractivity (Wildman–Crippen MR) is 109 cm³/mol. The zero-order valence-corrected chi connectivity index (χ0v) is 17.4. The number of likely N-dealkylation sites (tertiary alicyclic amines) is 2. The lowest BCUT2D eigenvalue weighted by Gasteiger charge is -2.29. The summed E-state index contributed by atoms with van der Waals surface area (Å²) in [6, 6.07) is 6.85. The number of nitrogens with zero attached hydrogens (tertiary/aromatic N) is 3. The SMILES string of the molecule is O=C(c1ccc(S(=O)(=O)N2CCCCC2)cc1)N1CCCC1CN1CCCC1. The number of benzene rings is 1. The molecule has 28 heavy (non-hydrogen) atoms. The van der Waals surface area contributed by atoms with Crippen LogP contribution in [-0.4, -0.2) is 73.7 Å². The number of hydrogen-bond acceptors (Lipinski definition) is 4. The van der Waals surface area contributed by atoms with Gasteiger partial charge >= 0.3 is 0 Å². The molecule has 3 fully saturated rings. The summed E-state index contributed by atoms with van der Waals surface area (Å²) in [6.45, 7) is 5.23. The quantitative estimate of drug-likeness (QED) is 0.755. The Labute approximate surface area is 168 Å². The molecular formula is C21H31N3O3S. The van der Waals surface area contributed by atoms with E-state index < -0.39 is 10.0 Å². The van der Waals surface area contributed by atoms with Gasteiger partial charge in [-0.15, -0.1) is 0 Å². The fraction of sp³-hybridized carbons (Fsp3) is 0.667. The maximum atomic E-state index is 13.0. The minimum atomic E-state index is -3.45. The van der Waals surface area contributed by atoms with Crippen LogP contribution in [0.25, 0.3) is 0 Å². The monoisotopic (exact) mass is 405 g/mol. The Hall–Kier alpha value is -1.44. The van der Waals surface area contributed by atoms with E-state index in [2.05, 4.69) is 4.90 Å². The van der Waals surface area contributed by atoms with Crippen LogP contribution in [0.5, 0.6) is 0 Å². The summed E-state index contributed by atoms with van der Waals surface area (Å²) < 4.78 is 27.2. The predicted octanol–water partition coefficient (Wildman–Crippen LogP) is 2.56. The van der Waals surface area contributed by atoms with Crippen molar-refractivity contribution in [2.45, 2.75) is 55.9 Å².